The Morgan fingerprint density at radius 3 is 2.46 bits per heavy atom. The summed E-state index contributed by atoms with van der Waals surface area (Å²) in [7, 11) is 0. The van der Waals surface area contributed by atoms with Gasteiger partial charge < -0.3 is 5.73 Å². The molecular formula is C10H18N2S. The van der Waals surface area contributed by atoms with E-state index >= 15 is 0 Å². The van der Waals surface area contributed by atoms with Crippen LogP contribution in [-0.4, -0.2) is 11.5 Å². The summed E-state index contributed by atoms with van der Waals surface area (Å²) in [5, 5.41) is 1.15. The van der Waals surface area contributed by atoms with Gasteiger partial charge in [0, 0.05) is 10.3 Å². The monoisotopic (exact) mass is 198 g/mol. The zero-order valence-corrected chi connectivity index (χ0v) is 9.66. The molecule has 0 aliphatic rings. The Bertz CT molecular complexity index is 284. The van der Waals surface area contributed by atoms with Gasteiger partial charge in [0.05, 0.1) is 10.7 Å². The number of aryl methyl sites for hydroxylation is 1. The Hall–Kier alpha value is -0.410. The van der Waals surface area contributed by atoms with Crippen molar-refractivity contribution in [1.29, 1.82) is 0 Å². The average Bonchev–Trinajstić information content (AvgIpc) is 2.30. The smallest absolute Gasteiger partial charge is 0.0900 e. The lowest BCUT2D eigenvalue weighted by Gasteiger charge is -2.17. The van der Waals surface area contributed by atoms with E-state index in [9.17, 15) is 0 Å². The molecule has 0 unspecified atom stereocenters. The lowest BCUT2D eigenvalue weighted by atomic mass is 9.91. The molecule has 0 spiro atoms. The van der Waals surface area contributed by atoms with Crippen molar-refractivity contribution in [2.75, 3.05) is 6.54 Å². The third-order valence-electron chi connectivity index (χ3n) is 1.89. The SMILES string of the molecule is Cc1nc(C(C)(C)C)c(CCN)s1. The Labute approximate surface area is 84.2 Å². The number of aromatic nitrogens is 1. The first-order chi connectivity index (χ1) is 5.95. The van der Waals surface area contributed by atoms with E-state index in [0.29, 0.717) is 6.54 Å². The Kier molecular flexibility index (Phi) is 3.09. The molecule has 13 heavy (non-hydrogen) atoms. The van der Waals surface area contributed by atoms with E-state index in [4.69, 9.17) is 5.73 Å². The fraction of sp³-hybridized carbons (Fsp3) is 0.700. The zero-order chi connectivity index (χ0) is 10.1. The highest BCUT2D eigenvalue weighted by molar-refractivity contribution is 7.11. The molecule has 0 aliphatic heterocycles. The maximum Gasteiger partial charge on any atom is 0.0900 e. The van der Waals surface area contributed by atoms with Crippen molar-refractivity contribution < 1.29 is 0 Å². The number of nitrogens with zero attached hydrogens (tertiary/aromatic N) is 1. The van der Waals surface area contributed by atoms with Crippen LogP contribution in [-0.2, 0) is 11.8 Å². The lowest BCUT2D eigenvalue weighted by Crippen LogP contribution is -2.15. The van der Waals surface area contributed by atoms with Crippen LogP contribution < -0.4 is 5.73 Å². The Balaban J connectivity index is 3.04. The minimum absolute atomic E-state index is 0.148. The van der Waals surface area contributed by atoms with Crippen LogP contribution in [0.15, 0.2) is 0 Å². The van der Waals surface area contributed by atoms with E-state index in [1.54, 1.807) is 11.3 Å². The normalized spacial score (nSPS) is 12.1. The van der Waals surface area contributed by atoms with Crippen molar-refractivity contribution in [3.05, 3.63) is 15.6 Å². The van der Waals surface area contributed by atoms with Gasteiger partial charge in [0.15, 0.2) is 0 Å². The molecular weight excluding hydrogens is 180 g/mol. The zero-order valence-electron chi connectivity index (χ0n) is 8.85. The molecule has 0 saturated carbocycles. The Morgan fingerprint density at radius 2 is 2.00 bits per heavy atom. The van der Waals surface area contributed by atoms with Crippen molar-refractivity contribution in [2.45, 2.75) is 39.5 Å². The molecule has 3 heteroatoms. The van der Waals surface area contributed by atoms with Gasteiger partial charge in [-0.25, -0.2) is 4.98 Å². The first kappa shape index (κ1) is 10.7. The molecule has 2 N–H and O–H groups in total. The molecule has 0 fully saturated rings. The molecule has 0 bridgehead atoms. The molecule has 0 amide bonds. The highest BCUT2D eigenvalue weighted by atomic mass is 32.1. The molecule has 0 aromatic carbocycles. The van der Waals surface area contributed by atoms with E-state index in [0.717, 1.165) is 11.4 Å². The van der Waals surface area contributed by atoms with Crippen molar-refractivity contribution in [1.82, 2.24) is 4.98 Å². The summed E-state index contributed by atoms with van der Waals surface area (Å²) in [5.41, 5.74) is 6.93. The summed E-state index contributed by atoms with van der Waals surface area (Å²) in [6.07, 6.45) is 0.956. The number of rotatable bonds is 2. The summed E-state index contributed by atoms with van der Waals surface area (Å²) in [4.78, 5) is 5.92. The van der Waals surface area contributed by atoms with Gasteiger partial charge in [-0.3, -0.25) is 0 Å². The van der Waals surface area contributed by atoms with Crippen LogP contribution in [0.3, 0.4) is 0 Å². The number of hydrogen-bond donors (Lipinski definition) is 1. The first-order valence-corrected chi connectivity index (χ1v) is 5.43. The minimum atomic E-state index is 0.148. The predicted octanol–water partition coefficient (Wildman–Crippen LogP) is 2.25. The van der Waals surface area contributed by atoms with Gasteiger partial charge in [0.2, 0.25) is 0 Å². The summed E-state index contributed by atoms with van der Waals surface area (Å²) in [5.74, 6) is 0. The van der Waals surface area contributed by atoms with Crippen LogP contribution in [0.25, 0.3) is 0 Å². The average molecular weight is 198 g/mol. The molecule has 0 aliphatic carbocycles. The fourth-order valence-electron chi connectivity index (χ4n) is 1.36. The molecule has 1 aromatic rings. The van der Waals surface area contributed by atoms with Crippen LogP contribution in [0.4, 0.5) is 0 Å². The second kappa shape index (κ2) is 3.76. The van der Waals surface area contributed by atoms with Gasteiger partial charge in [-0.2, -0.15) is 0 Å². The van der Waals surface area contributed by atoms with E-state index in [2.05, 4.69) is 32.7 Å². The lowest BCUT2D eigenvalue weighted by molar-refractivity contribution is 0.565. The van der Waals surface area contributed by atoms with Crippen molar-refractivity contribution in [3.63, 3.8) is 0 Å². The summed E-state index contributed by atoms with van der Waals surface area (Å²) in [6.45, 7) is 9.36. The third kappa shape index (κ3) is 2.51. The number of hydrogen-bond acceptors (Lipinski definition) is 3. The molecule has 1 rings (SSSR count). The molecule has 0 atom stereocenters. The van der Waals surface area contributed by atoms with Gasteiger partial charge in [-0.1, -0.05) is 20.8 Å². The standard InChI is InChI=1S/C10H18N2S/c1-7-12-9(10(2,3)4)8(13-7)5-6-11/h5-6,11H2,1-4H3. The summed E-state index contributed by atoms with van der Waals surface area (Å²) >= 11 is 1.77. The van der Waals surface area contributed by atoms with Gasteiger partial charge >= 0.3 is 0 Å². The van der Waals surface area contributed by atoms with Crippen LogP contribution >= 0.6 is 11.3 Å². The van der Waals surface area contributed by atoms with E-state index in [-0.39, 0.29) is 5.41 Å². The van der Waals surface area contributed by atoms with Crippen LogP contribution in [0, 0.1) is 6.92 Å². The van der Waals surface area contributed by atoms with Crippen LogP contribution in [0.2, 0.25) is 0 Å². The van der Waals surface area contributed by atoms with Gasteiger partial charge in [0.25, 0.3) is 0 Å². The van der Waals surface area contributed by atoms with Gasteiger partial charge in [-0.05, 0) is 19.9 Å². The molecule has 1 heterocycles. The number of thiazole rings is 1. The maximum atomic E-state index is 5.56. The maximum absolute atomic E-state index is 5.56. The highest BCUT2D eigenvalue weighted by Crippen LogP contribution is 2.29. The molecule has 0 saturated heterocycles. The van der Waals surface area contributed by atoms with Gasteiger partial charge in [0.1, 0.15) is 0 Å². The van der Waals surface area contributed by atoms with E-state index in [1.807, 2.05) is 0 Å². The van der Waals surface area contributed by atoms with Crippen molar-refractivity contribution in [3.8, 4) is 0 Å². The molecule has 2 nitrogen and oxygen atoms in total. The fourth-order valence-corrected chi connectivity index (χ4v) is 2.52. The van der Waals surface area contributed by atoms with Crippen LogP contribution in [0.5, 0.6) is 0 Å². The van der Waals surface area contributed by atoms with Crippen LogP contribution in [0.1, 0.15) is 36.3 Å². The highest BCUT2D eigenvalue weighted by Gasteiger charge is 2.21. The second-order valence-corrected chi connectivity index (χ2v) is 5.58. The first-order valence-electron chi connectivity index (χ1n) is 4.62. The summed E-state index contributed by atoms with van der Waals surface area (Å²) < 4.78 is 0. The van der Waals surface area contributed by atoms with Crippen molar-refractivity contribution in [2.24, 2.45) is 5.73 Å². The largest absolute Gasteiger partial charge is 0.330 e. The summed E-state index contributed by atoms with van der Waals surface area (Å²) in [6, 6.07) is 0. The molecule has 1 aromatic heterocycles. The van der Waals surface area contributed by atoms with E-state index in [1.165, 1.54) is 10.6 Å². The predicted molar refractivity (Wildman–Crippen MR) is 58.3 cm³/mol. The third-order valence-corrected chi connectivity index (χ3v) is 2.92. The quantitative estimate of drug-likeness (QED) is 0.791. The van der Waals surface area contributed by atoms with E-state index < -0.39 is 0 Å². The topological polar surface area (TPSA) is 38.9 Å². The molecule has 74 valence electrons. The minimum Gasteiger partial charge on any atom is -0.330 e. The Morgan fingerprint density at radius 1 is 1.38 bits per heavy atom. The van der Waals surface area contributed by atoms with Crippen molar-refractivity contribution >= 4 is 11.3 Å². The second-order valence-electron chi connectivity index (χ2n) is 4.29. The number of nitrogens with two attached hydrogens (primary N) is 1. The molecule has 0 radical (unpaired) electrons. The van der Waals surface area contributed by atoms with Gasteiger partial charge in [-0.15, -0.1) is 11.3 Å².